The van der Waals surface area contributed by atoms with E-state index >= 15 is 0 Å². The van der Waals surface area contributed by atoms with E-state index in [0.717, 1.165) is 70.0 Å². The summed E-state index contributed by atoms with van der Waals surface area (Å²) in [5.74, 6) is 0.0807. The largest absolute Gasteiger partial charge is 0.383 e. The van der Waals surface area contributed by atoms with Crippen LogP contribution in [-0.4, -0.2) is 46.7 Å². The van der Waals surface area contributed by atoms with Crippen LogP contribution >= 0.6 is 0 Å². The maximum atomic E-state index is 11.5. The Morgan fingerprint density at radius 1 is 1.36 bits per heavy atom. The van der Waals surface area contributed by atoms with Gasteiger partial charge in [-0.05, 0) is 57.8 Å². The molecule has 1 aliphatic heterocycles. The fraction of sp³-hybridized carbons (Fsp3) is 0.857. The molecule has 0 aromatic heterocycles. The van der Waals surface area contributed by atoms with E-state index in [0.29, 0.717) is 6.04 Å². The third kappa shape index (κ3) is 3.80. The van der Waals surface area contributed by atoms with Crippen LogP contribution < -0.4 is 0 Å². The van der Waals surface area contributed by atoms with Crippen LogP contribution in [0.5, 0.6) is 0 Å². The van der Waals surface area contributed by atoms with Gasteiger partial charge in [-0.3, -0.25) is 5.01 Å². The SMILES string of the molecule is C=C[C@H](CC)[C@]1(O)CCCC/C1=N\N1CCC[C@H]1C(CC)(CC)OC. The van der Waals surface area contributed by atoms with Crippen molar-refractivity contribution < 1.29 is 9.84 Å². The minimum absolute atomic E-state index is 0.0807. The monoisotopic (exact) mass is 350 g/mol. The summed E-state index contributed by atoms with van der Waals surface area (Å²) >= 11 is 0. The number of hydrogen-bond donors (Lipinski definition) is 1. The van der Waals surface area contributed by atoms with Gasteiger partial charge in [0.15, 0.2) is 0 Å². The number of rotatable bonds is 8. The van der Waals surface area contributed by atoms with Crippen molar-refractivity contribution in [2.24, 2.45) is 11.0 Å². The van der Waals surface area contributed by atoms with Gasteiger partial charge in [0.05, 0.1) is 17.4 Å². The maximum absolute atomic E-state index is 11.5. The van der Waals surface area contributed by atoms with Crippen LogP contribution in [0.2, 0.25) is 0 Å². The predicted octanol–water partition coefficient (Wildman–Crippen LogP) is 4.53. The maximum Gasteiger partial charge on any atom is 0.111 e. The summed E-state index contributed by atoms with van der Waals surface area (Å²) in [7, 11) is 1.83. The lowest BCUT2D eigenvalue weighted by Gasteiger charge is -2.43. The summed E-state index contributed by atoms with van der Waals surface area (Å²) in [4.78, 5) is 0. The molecule has 0 aromatic rings. The van der Waals surface area contributed by atoms with Crippen molar-refractivity contribution in [3.63, 3.8) is 0 Å². The molecule has 0 radical (unpaired) electrons. The predicted molar refractivity (Wildman–Crippen MR) is 105 cm³/mol. The second-order valence-corrected chi connectivity index (χ2v) is 7.73. The third-order valence-corrected chi connectivity index (χ3v) is 6.74. The minimum atomic E-state index is -0.823. The average Bonchev–Trinajstić information content (AvgIpc) is 3.09. The molecule has 1 saturated heterocycles. The molecule has 2 fully saturated rings. The Kier molecular flexibility index (Phi) is 7.10. The Bertz CT molecular complexity index is 464. The molecule has 1 N–H and O–H groups in total. The van der Waals surface area contributed by atoms with E-state index in [1.165, 1.54) is 0 Å². The zero-order chi connectivity index (χ0) is 18.5. The number of nitrogens with zero attached hydrogens (tertiary/aromatic N) is 2. The fourth-order valence-electron chi connectivity index (χ4n) is 4.99. The lowest BCUT2D eigenvalue weighted by molar-refractivity contribution is -0.0739. The first-order chi connectivity index (χ1) is 12.0. The molecule has 1 heterocycles. The number of aliphatic hydroxyl groups is 1. The number of hydrazone groups is 1. The highest BCUT2D eigenvalue weighted by Gasteiger charge is 2.45. The Hall–Kier alpha value is -0.870. The van der Waals surface area contributed by atoms with Crippen molar-refractivity contribution in [1.82, 2.24) is 5.01 Å². The lowest BCUT2D eigenvalue weighted by atomic mass is 9.73. The molecule has 2 aliphatic rings. The molecule has 0 aromatic carbocycles. The Labute approximate surface area is 154 Å². The summed E-state index contributed by atoms with van der Waals surface area (Å²) < 4.78 is 5.99. The molecular formula is C21H38N2O2. The molecule has 0 unspecified atom stereocenters. The molecule has 4 heteroatoms. The Balaban J connectivity index is 2.33. The molecule has 0 spiro atoms. The van der Waals surface area contributed by atoms with Gasteiger partial charge in [-0.15, -0.1) is 6.58 Å². The van der Waals surface area contributed by atoms with E-state index in [2.05, 4.69) is 32.4 Å². The first-order valence-corrected chi connectivity index (χ1v) is 10.3. The quantitative estimate of drug-likeness (QED) is 0.654. The van der Waals surface area contributed by atoms with Crippen LogP contribution in [0.4, 0.5) is 0 Å². The van der Waals surface area contributed by atoms with Gasteiger partial charge in [-0.2, -0.15) is 5.10 Å². The van der Waals surface area contributed by atoms with Crippen LogP contribution in [0, 0.1) is 5.92 Å². The van der Waals surface area contributed by atoms with Gasteiger partial charge in [0.1, 0.15) is 5.60 Å². The number of ether oxygens (including phenoxy) is 1. The topological polar surface area (TPSA) is 45.1 Å². The molecule has 3 atom stereocenters. The molecule has 0 bridgehead atoms. The van der Waals surface area contributed by atoms with Crippen LogP contribution in [-0.2, 0) is 4.74 Å². The van der Waals surface area contributed by atoms with Crippen molar-refractivity contribution in [2.75, 3.05) is 13.7 Å². The van der Waals surface area contributed by atoms with Crippen LogP contribution in [0.25, 0.3) is 0 Å². The van der Waals surface area contributed by atoms with Crippen LogP contribution in [0.1, 0.15) is 78.6 Å². The van der Waals surface area contributed by atoms with Crippen molar-refractivity contribution >= 4 is 5.71 Å². The fourth-order valence-corrected chi connectivity index (χ4v) is 4.99. The molecular weight excluding hydrogens is 312 g/mol. The van der Waals surface area contributed by atoms with E-state index in [1.54, 1.807) is 0 Å². The molecule has 1 aliphatic carbocycles. The van der Waals surface area contributed by atoms with Crippen molar-refractivity contribution in [3.8, 4) is 0 Å². The Morgan fingerprint density at radius 2 is 2.08 bits per heavy atom. The molecule has 4 nitrogen and oxygen atoms in total. The van der Waals surface area contributed by atoms with E-state index in [1.807, 2.05) is 13.2 Å². The van der Waals surface area contributed by atoms with E-state index in [4.69, 9.17) is 9.84 Å². The lowest BCUT2D eigenvalue weighted by Crippen LogP contribution is -2.51. The molecule has 0 amide bonds. The molecule has 25 heavy (non-hydrogen) atoms. The first-order valence-electron chi connectivity index (χ1n) is 10.3. The van der Waals surface area contributed by atoms with Gasteiger partial charge in [-0.1, -0.05) is 26.8 Å². The molecule has 2 rings (SSSR count). The summed E-state index contributed by atoms with van der Waals surface area (Å²) in [6.45, 7) is 11.5. The van der Waals surface area contributed by atoms with Gasteiger partial charge in [-0.25, -0.2) is 0 Å². The van der Waals surface area contributed by atoms with Crippen LogP contribution in [0.3, 0.4) is 0 Å². The van der Waals surface area contributed by atoms with Gasteiger partial charge < -0.3 is 9.84 Å². The van der Waals surface area contributed by atoms with Crippen molar-refractivity contribution in [3.05, 3.63) is 12.7 Å². The van der Waals surface area contributed by atoms with Crippen molar-refractivity contribution in [1.29, 1.82) is 0 Å². The normalized spacial score (nSPS) is 30.7. The van der Waals surface area contributed by atoms with E-state index in [-0.39, 0.29) is 11.5 Å². The summed E-state index contributed by atoms with van der Waals surface area (Å²) in [5.41, 5.74) is 0.000949. The minimum Gasteiger partial charge on any atom is -0.383 e. The number of hydrogen-bond acceptors (Lipinski definition) is 4. The summed E-state index contributed by atoms with van der Waals surface area (Å²) in [5, 5.41) is 18.8. The zero-order valence-corrected chi connectivity index (χ0v) is 16.8. The van der Waals surface area contributed by atoms with Gasteiger partial charge in [0.25, 0.3) is 0 Å². The summed E-state index contributed by atoms with van der Waals surface area (Å²) in [6.07, 6.45) is 10.9. The zero-order valence-electron chi connectivity index (χ0n) is 16.8. The van der Waals surface area contributed by atoms with E-state index in [9.17, 15) is 5.11 Å². The van der Waals surface area contributed by atoms with Gasteiger partial charge >= 0.3 is 0 Å². The Morgan fingerprint density at radius 3 is 2.64 bits per heavy atom. The van der Waals surface area contributed by atoms with Crippen molar-refractivity contribution in [2.45, 2.75) is 95.8 Å². The highest BCUT2D eigenvalue weighted by Crippen LogP contribution is 2.38. The van der Waals surface area contributed by atoms with Gasteiger partial charge in [0.2, 0.25) is 0 Å². The highest BCUT2D eigenvalue weighted by molar-refractivity contribution is 5.93. The smallest absolute Gasteiger partial charge is 0.111 e. The second-order valence-electron chi connectivity index (χ2n) is 7.73. The standard InChI is InChI=1S/C21H38N2O2/c1-6-17(7-2)21(24)15-11-10-13-18(21)22-23-16-12-14-19(23)20(8-3,9-4)25-5/h6,17,19,24H,1,7-16H2,2-5H3/b22-18+/t17-,19+,21-/m1/s1. The average molecular weight is 351 g/mol. The second kappa shape index (κ2) is 8.68. The highest BCUT2D eigenvalue weighted by atomic mass is 16.5. The number of methoxy groups -OCH3 is 1. The van der Waals surface area contributed by atoms with Crippen LogP contribution in [0.15, 0.2) is 17.8 Å². The molecule has 1 saturated carbocycles. The summed E-state index contributed by atoms with van der Waals surface area (Å²) in [6, 6.07) is 0.301. The third-order valence-electron chi connectivity index (χ3n) is 6.74. The molecule has 144 valence electrons. The van der Waals surface area contributed by atoms with Gasteiger partial charge in [0, 0.05) is 19.6 Å². The van der Waals surface area contributed by atoms with E-state index < -0.39 is 5.60 Å². The first kappa shape index (κ1) is 20.4.